The average Bonchev–Trinajstić information content (AvgIpc) is 2.68. The van der Waals surface area contributed by atoms with Gasteiger partial charge in [-0.25, -0.2) is 8.78 Å². The van der Waals surface area contributed by atoms with Crippen molar-refractivity contribution < 1.29 is 18.7 Å². The number of amides is 1. The molecule has 1 atom stereocenters. The maximum absolute atomic E-state index is 14.1. The molecule has 0 saturated carbocycles. The largest absolute Gasteiger partial charge is 0.394 e. The fourth-order valence-corrected chi connectivity index (χ4v) is 2.63. The van der Waals surface area contributed by atoms with Crippen LogP contribution < -0.4 is 0 Å². The third-order valence-corrected chi connectivity index (χ3v) is 3.85. The fraction of sp³-hybridized carbons (Fsp3) is 0.533. The minimum absolute atomic E-state index is 0.180. The zero-order valence-electron chi connectivity index (χ0n) is 11.5. The van der Waals surface area contributed by atoms with Crippen molar-refractivity contribution in [2.24, 2.45) is 0 Å². The van der Waals surface area contributed by atoms with Crippen molar-refractivity contribution in [2.45, 2.75) is 38.6 Å². The molecule has 110 valence electrons. The van der Waals surface area contributed by atoms with Gasteiger partial charge in [0, 0.05) is 6.54 Å². The number of nitrogens with zero attached hydrogens (tertiary/aromatic N) is 1. The van der Waals surface area contributed by atoms with E-state index in [9.17, 15) is 18.7 Å². The molecule has 0 aliphatic carbocycles. The number of carbonyl (C=O) groups excluding carboxylic acids is 1. The van der Waals surface area contributed by atoms with Gasteiger partial charge < -0.3 is 10.0 Å². The molecule has 1 aliphatic heterocycles. The number of hydrogen-bond donors (Lipinski definition) is 1. The molecule has 1 saturated heterocycles. The zero-order valence-corrected chi connectivity index (χ0v) is 11.5. The topological polar surface area (TPSA) is 40.5 Å². The smallest absolute Gasteiger partial charge is 0.260 e. The van der Waals surface area contributed by atoms with Gasteiger partial charge in [-0.1, -0.05) is 18.9 Å². The van der Waals surface area contributed by atoms with Gasteiger partial charge in [-0.3, -0.25) is 4.79 Å². The number of likely N-dealkylation sites (tertiary alicyclic amines) is 1. The fourth-order valence-electron chi connectivity index (χ4n) is 2.63. The second kappa shape index (κ2) is 6.31. The van der Waals surface area contributed by atoms with E-state index in [1.54, 1.807) is 0 Å². The van der Waals surface area contributed by atoms with Gasteiger partial charge >= 0.3 is 0 Å². The van der Waals surface area contributed by atoms with Crippen LogP contribution in [0.1, 0.15) is 41.6 Å². The van der Waals surface area contributed by atoms with Crippen molar-refractivity contribution in [3.05, 3.63) is 34.9 Å². The molecule has 1 aromatic rings. The number of benzene rings is 1. The lowest BCUT2D eigenvalue weighted by Gasteiger charge is -2.29. The minimum Gasteiger partial charge on any atom is -0.394 e. The van der Waals surface area contributed by atoms with Crippen LogP contribution in [0.5, 0.6) is 0 Å². The molecular weight excluding hydrogens is 264 g/mol. The summed E-state index contributed by atoms with van der Waals surface area (Å²) in [6.07, 6.45) is 3.32. The third-order valence-electron chi connectivity index (χ3n) is 3.85. The van der Waals surface area contributed by atoms with E-state index in [-0.39, 0.29) is 18.2 Å². The predicted molar refractivity (Wildman–Crippen MR) is 71.5 cm³/mol. The van der Waals surface area contributed by atoms with Gasteiger partial charge in [0.1, 0.15) is 17.2 Å². The summed E-state index contributed by atoms with van der Waals surface area (Å²) in [6, 6.07) is 2.06. The summed E-state index contributed by atoms with van der Waals surface area (Å²) in [5.41, 5.74) is -0.268. The Hall–Kier alpha value is -1.49. The number of aryl methyl sites for hydroxylation is 1. The summed E-state index contributed by atoms with van der Waals surface area (Å²) in [5.74, 6) is -2.32. The predicted octanol–water partition coefficient (Wildman–Crippen LogP) is 2.65. The van der Waals surface area contributed by atoms with Crippen LogP contribution in [-0.2, 0) is 0 Å². The molecule has 1 unspecified atom stereocenters. The van der Waals surface area contributed by atoms with E-state index in [0.29, 0.717) is 13.0 Å². The highest BCUT2D eigenvalue weighted by Crippen LogP contribution is 2.23. The molecule has 1 heterocycles. The van der Waals surface area contributed by atoms with Crippen molar-refractivity contribution in [1.29, 1.82) is 0 Å². The number of hydrogen-bond acceptors (Lipinski definition) is 2. The first-order valence-electron chi connectivity index (χ1n) is 6.92. The highest BCUT2D eigenvalue weighted by atomic mass is 19.1. The molecule has 0 radical (unpaired) electrons. The van der Waals surface area contributed by atoms with Crippen LogP contribution in [0.3, 0.4) is 0 Å². The molecule has 3 nitrogen and oxygen atoms in total. The molecular formula is C15H19F2NO2. The van der Waals surface area contributed by atoms with E-state index in [2.05, 4.69) is 0 Å². The SMILES string of the molecule is Cc1ccc(F)c(C(=O)N2CCCCCC2CO)c1F. The van der Waals surface area contributed by atoms with Crippen LogP contribution in [0.25, 0.3) is 0 Å². The number of rotatable bonds is 2. The van der Waals surface area contributed by atoms with Gasteiger partial charge in [-0.05, 0) is 31.4 Å². The molecule has 2 rings (SSSR count). The molecule has 1 N–H and O–H groups in total. The number of carbonyl (C=O) groups is 1. The monoisotopic (exact) mass is 283 g/mol. The Morgan fingerprint density at radius 3 is 2.80 bits per heavy atom. The van der Waals surface area contributed by atoms with E-state index >= 15 is 0 Å². The van der Waals surface area contributed by atoms with Crippen LogP contribution in [-0.4, -0.2) is 35.1 Å². The Balaban J connectivity index is 2.36. The standard InChI is InChI=1S/C15H19F2NO2/c1-10-6-7-12(16)13(14(10)17)15(20)18-8-4-2-3-5-11(18)9-19/h6-7,11,19H,2-5,8-9H2,1H3. The normalized spacial score (nSPS) is 19.8. The van der Waals surface area contributed by atoms with Crippen LogP contribution in [0, 0.1) is 18.6 Å². The van der Waals surface area contributed by atoms with Crippen LogP contribution in [0.15, 0.2) is 12.1 Å². The molecule has 0 spiro atoms. The highest BCUT2D eigenvalue weighted by molar-refractivity contribution is 5.95. The van der Waals surface area contributed by atoms with Gasteiger partial charge in [-0.2, -0.15) is 0 Å². The summed E-state index contributed by atoms with van der Waals surface area (Å²) in [7, 11) is 0. The molecule has 1 fully saturated rings. The third kappa shape index (κ3) is 2.82. The van der Waals surface area contributed by atoms with Crippen LogP contribution in [0.4, 0.5) is 8.78 Å². The summed E-state index contributed by atoms with van der Waals surface area (Å²) >= 11 is 0. The molecule has 5 heteroatoms. The molecule has 1 amide bonds. The number of halogens is 2. The van der Waals surface area contributed by atoms with Gasteiger partial charge in [0.25, 0.3) is 5.91 Å². The van der Waals surface area contributed by atoms with Crippen LogP contribution in [0.2, 0.25) is 0 Å². The van der Waals surface area contributed by atoms with Gasteiger partial charge in [0.2, 0.25) is 0 Å². The molecule has 0 aromatic heterocycles. The number of aliphatic hydroxyl groups excluding tert-OH is 1. The van der Waals surface area contributed by atoms with Gasteiger partial charge in [0.15, 0.2) is 0 Å². The molecule has 1 aliphatic rings. The minimum atomic E-state index is -0.848. The Labute approximate surface area is 117 Å². The summed E-state index contributed by atoms with van der Waals surface area (Å²) in [5, 5.41) is 9.39. The van der Waals surface area contributed by atoms with Crippen LogP contribution >= 0.6 is 0 Å². The zero-order chi connectivity index (χ0) is 14.7. The van der Waals surface area contributed by atoms with Gasteiger partial charge in [0.05, 0.1) is 12.6 Å². The van der Waals surface area contributed by atoms with Gasteiger partial charge in [-0.15, -0.1) is 0 Å². The van der Waals surface area contributed by atoms with Crippen molar-refractivity contribution in [1.82, 2.24) is 4.90 Å². The molecule has 0 bridgehead atoms. The van der Waals surface area contributed by atoms with Crippen molar-refractivity contribution in [3.63, 3.8) is 0 Å². The first-order chi connectivity index (χ1) is 9.56. The lowest BCUT2D eigenvalue weighted by atomic mass is 10.1. The Bertz CT molecular complexity index is 505. The molecule has 20 heavy (non-hydrogen) atoms. The van der Waals surface area contributed by atoms with E-state index < -0.39 is 23.1 Å². The van der Waals surface area contributed by atoms with Crippen molar-refractivity contribution in [3.8, 4) is 0 Å². The van der Waals surface area contributed by atoms with E-state index in [4.69, 9.17) is 0 Å². The Kier molecular flexibility index (Phi) is 4.70. The van der Waals surface area contributed by atoms with Crippen molar-refractivity contribution >= 4 is 5.91 Å². The maximum atomic E-state index is 14.1. The average molecular weight is 283 g/mol. The first-order valence-corrected chi connectivity index (χ1v) is 6.92. The summed E-state index contributed by atoms with van der Waals surface area (Å²) in [6.45, 7) is 1.75. The van der Waals surface area contributed by atoms with E-state index in [1.807, 2.05) is 0 Å². The lowest BCUT2D eigenvalue weighted by Crippen LogP contribution is -2.42. The Morgan fingerprint density at radius 1 is 1.35 bits per heavy atom. The maximum Gasteiger partial charge on any atom is 0.260 e. The lowest BCUT2D eigenvalue weighted by molar-refractivity contribution is 0.0590. The quantitative estimate of drug-likeness (QED) is 0.906. The van der Waals surface area contributed by atoms with Crippen molar-refractivity contribution in [2.75, 3.05) is 13.2 Å². The van der Waals surface area contributed by atoms with E-state index in [0.717, 1.165) is 25.3 Å². The summed E-state index contributed by atoms with van der Waals surface area (Å²) < 4.78 is 27.9. The van der Waals surface area contributed by atoms with E-state index in [1.165, 1.54) is 17.9 Å². The second-order valence-electron chi connectivity index (χ2n) is 5.24. The Morgan fingerprint density at radius 2 is 2.10 bits per heavy atom. The second-order valence-corrected chi connectivity index (χ2v) is 5.24. The number of aliphatic hydroxyl groups is 1. The highest BCUT2D eigenvalue weighted by Gasteiger charge is 2.29. The molecule has 1 aromatic carbocycles. The first kappa shape index (κ1) is 14.9. The summed E-state index contributed by atoms with van der Waals surface area (Å²) in [4.78, 5) is 13.9.